The predicted molar refractivity (Wildman–Crippen MR) is 119 cm³/mol. The van der Waals surface area contributed by atoms with E-state index in [9.17, 15) is 4.79 Å². The first-order valence-electron chi connectivity index (χ1n) is 10.8. The summed E-state index contributed by atoms with van der Waals surface area (Å²) in [6.07, 6.45) is 4.02. The molecule has 2 heterocycles. The largest absolute Gasteiger partial charge is 0.371 e. The molecule has 154 valence electrons. The number of rotatable bonds is 7. The van der Waals surface area contributed by atoms with E-state index in [2.05, 4.69) is 51.5 Å². The molecule has 5 heteroatoms. The van der Waals surface area contributed by atoms with Gasteiger partial charge in [-0.05, 0) is 68.1 Å². The van der Waals surface area contributed by atoms with Gasteiger partial charge in [-0.2, -0.15) is 0 Å². The number of fused-ring (bicyclic) bond motifs is 1. The van der Waals surface area contributed by atoms with Crippen molar-refractivity contribution in [2.24, 2.45) is 5.92 Å². The molecule has 1 fully saturated rings. The highest BCUT2D eigenvalue weighted by atomic mass is 35.5. The summed E-state index contributed by atoms with van der Waals surface area (Å²) in [4.78, 5) is 17.4. The van der Waals surface area contributed by atoms with Crippen molar-refractivity contribution in [2.45, 2.75) is 32.2 Å². The molecule has 29 heavy (non-hydrogen) atoms. The zero-order valence-electron chi connectivity index (χ0n) is 16.9. The zero-order chi connectivity index (χ0) is 20.1. The van der Waals surface area contributed by atoms with E-state index in [1.54, 1.807) is 0 Å². The van der Waals surface area contributed by atoms with Gasteiger partial charge >= 0.3 is 0 Å². The third kappa shape index (κ3) is 5.31. The van der Waals surface area contributed by atoms with E-state index in [1.807, 2.05) is 12.1 Å². The molecule has 2 aliphatic rings. The SMILES string of the molecule is O=C(NCCCN1CCc2ccccc21)C1CCN(Cc2ccc(Cl)cc2)CC1. The Balaban J connectivity index is 1.14. The number of para-hydroxylation sites is 1. The molecule has 0 atom stereocenters. The first-order chi connectivity index (χ1) is 14.2. The number of carbonyl (C=O) groups is 1. The molecule has 1 N–H and O–H groups in total. The standard InChI is InChI=1S/C24H30ClN3O/c25-22-8-6-19(7-9-22)18-27-15-10-21(11-16-27)24(29)26-13-3-14-28-17-12-20-4-1-2-5-23(20)28/h1-2,4-9,21H,3,10-18H2,(H,26,29). The minimum absolute atomic E-state index is 0.156. The van der Waals surface area contributed by atoms with E-state index in [4.69, 9.17) is 11.6 Å². The number of anilines is 1. The number of likely N-dealkylation sites (tertiary alicyclic amines) is 1. The van der Waals surface area contributed by atoms with Gasteiger partial charge in [0.25, 0.3) is 0 Å². The molecule has 2 aromatic carbocycles. The summed E-state index contributed by atoms with van der Waals surface area (Å²) in [6.45, 7) is 5.76. The highest BCUT2D eigenvalue weighted by Crippen LogP contribution is 2.27. The maximum atomic E-state index is 12.5. The summed E-state index contributed by atoms with van der Waals surface area (Å²) in [5.41, 5.74) is 4.09. The van der Waals surface area contributed by atoms with Gasteiger partial charge in [0.05, 0.1) is 0 Å². The van der Waals surface area contributed by atoms with Gasteiger partial charge in [-0.15, -0.1) is 0 Å². The van der Waals surface area contributed by atoms with Crippen LogP contribution in [0.15, 0.2) is 48.5 Å². The Kier molecular flexibility index (Phi) is 6.73. The van der Waals surface area contributed by atoms with Crippen LogP contribution in [-0.2, 0) is 17.8 Å². The number of piperidine rings is 1. The van der Waals surface area contributed by atoms with Crippen LogP contribution in [-0.4, -0.2) is 43.5 Å². The lowest BCUT2D eigenvalue weighted by molar-refractivity contribution is -0.126. The number of halogens is 1. The topological polar surface area (TPSA) is 35.6 Å². The molecule has 1 amide bonds. The predicted octanol–water partition coefficient (Wildman–Crippen LogP) is 4.12. The minimum atomic E-state index is 0.156. The Labute approximate surface area is 178 Å². The van der Waals surface area contributed by atoms with Crippen LogP contribution in [0.5, 0.6) is 0 Å². The summed E-state index contributed by atoms with van der Waals surface area (Å²) in [5, 5.41) is 3.95. The Hall–Kier alpha value is -2.04. The molecule has 2 aromatic rings. The van der Waals surface area contributed by atoms with Gasteiger partial charge in [-0.3, -0.25) is 9.69 Å². The van der Waals surface area contributed by atoms with Crippen molar-refractivity contribution in [1.82, 2.24) is 10.2 Å². The molecule has 0 radical (unpaired) electrons. The van der Waals surface area contributed by atoms with Gasteiger partial charge in [0.1, 0.15) is 0 Å². The van der Waals surface area contributed by atoms with Crippen molar-refractivity contribution in [3.8, 4) is 0 Å². The van der Waals surface area contributed by atoms with Crippen LogP contribution < -0.4 is 10.2 Å². The molecular weight excluding hydrogens is 382 g/mol. The second-order valence-corrected chi connectivity index (χ2v) is 8.62. The van der Waals surface area contributed by atoms with Crippen LogP contribution >= 0.6 is 11.6 Å². The van der Waals surface area contributed by atoms with E-state index in [0.29, 0.717) is 0 Å². The van der Waals surface area contributed by atoms with Crippen LogP contribution in [0.2, 0.25) is 5.02 Å². The van der Waals surface area contributed by atoms with Gasteiger partial charge in [0.15, 0.2) is 0 Å². The van der Waals surface area contributed by atoms with Gasteiger partial charge < -0.3 is 10.2 Å². The van der Waals surface area contributed by atoms with E-state index < -0.39 is 0 Å². The second-order valence-electron chi connectivity index (χ2n) is 8.19. The normalized spacial score (nSPS) is 17.3. The summed E-state index contributed by atoms with van der Waals surface area (Å²) < 4.78 is 0. The van der Waals surface area contributed by atoms with Crippen molar-refractivity contribution in [3.63, 3.8) is 0 Å². The molecular formula is C24H30ClN3O. The van der Waals surface area contributed by atoms with E-state index in [-0.39, 0.29) is 11.8 Å². The lowest BCUT2D eigenvalue weighted by atomic mass is 9.95. The first kappa shape index (κ1) is 20.2. The number of benzene rings is 2. The Morgan fingerprint density at radius 2 is 1.79 bits per heavy atom. The highest BCUT2D eigenvalue weighted by Gasteiger charge is 2.25. The molecule has 0 saturated carbocycles. The molecule has 0 bridgehead atoms. The summed E-state index contributed by atoms with van der Waals surface area (Å²) in [5.74, 6) is 0.391. The third-order valence-corrected chi connectivity index (χ3v) is 6.42. The van der Waals surface area contributed by atoms with E-state index in [0.717, 1.165) is 70.0 Å². The molecule has 0 aliphatic carbocycles. The number of carbonyl (C=O) groups excluding carboxylic acids is 1. The molecule has 2 aliphatic heterocycles. The lowest BCUT2D eigenvalue weighted by Gasteiger charge is -2.31. The average molecular weight is 412 g/mol. The number of hydrogen-bond acceptors (Lipinski definition) is 3. The van der Waals surface area contributed by atoms with Crippen LogP contribution in [0.25, 0.3) is 0 Å². The maximum absolute atomic E-state index is 12.5. The van der Waals surface area contributed by atoms with Crippen LogP contribution in [0.1, 0.15) is 30.4 Å². The van der Waals surface area contributed by atoms with Gasteiger partial charge in [0, 0.05) is 42.8 Å². The Morgan fingerprint density at radius 3 is 2.59 bits per heavy atom. The van der Waals surface area contributed by atoms with Crippen LogP contribution in [0, 0.1) is 5.92 Å². The Bertz CT molecular complexity index is 815. The molecule has 1 saturated heterocycles. The average Bonchev–Trinajstić information content (AvgIpc) is 3.16. The van der Waals surface area contributed by atoms with Crippen molar-refractivity contribution >= 4 is 23.2 Å². The number of hydrogen-bond donors (Lipinski definition) is 1. The van der Waals surface area contributed by atoms with Gasteiger partial charge in [-0.25, -0.2) is 0 Å². The Morgan fingerprint density at radius 1 is 1.03 bits per heavy atom. The summed E-state index contributed by atoms with van der Waals surface area (Å²) in [7, 11) is 0. The van der Waals surface area contributed by atoms with Gasteiger partial charge in [-0.1, -0.05) is 41.9 Å². The number of nitrogens with zero attached hydrogens (tertiary/aromatic N) is 2. The molecule has 0 aromatic heterocycles. The molecule has 0 spiro atoms. The first-order valence-corrected chi connectivity index (χ1v) is 11.1. The van der Waals surface area contributed by atoms with Crippen molar-refractivity contribution in [3.05, 3.63) is 64.7 Å². The van der Waals surface area contributed by atoms with Crippen molar-refractivity contribution in [1.29, 1.82) is 0 Å². The number of amides is 1. The summed E-state index contributed by atoms with van der Waals surface area (Å²) >= 11 is 5.96. The van der Waals surface area contributed by atoms with E-state index in [1.165, 1.54) is 16.8 Å². The second kappa shape index (κ2) is 9.64. The number of nitrogens with one attached hydrogen (secondary N) is 1. The fourth-order valence-corrected chi connectivity index (χ4v) is 4.59. The molecule has 4 rings (SSSR count). The van der Waals surface area contributed by atoms with Crippen molar-refractivity contribution < 1.29 is 4.79 Å². The van der Waals surface area contributed by atoms with Gasteiger partial charge in [0.2, 0.25) is 5.91 Å². The highest BCUT2D eigenvalue weighted by molar-refractivity contribution is 6.30. The van der Waals surface area contributed by atoms with Crippen molar-refractivity contribution in [2.75, 3.05) is 37.6 Å². The van der Waals surface area contributed by atoms with Crippen LogP contribution in [0.3, 0.4) is 0 Å². The molecule has 0 unspecified atom stereocenters. The quantitative estimate of drug-likeness (QED) is 0.696. The lowest BCUT2D eigenvalue weighted by Crippen LogP contribution is -2.40. The fraction of sp³-hybridized carbons (Fsp3) is 0.458. The smallest absolute Gasteiger partial charge is 0.223 e. The maximum Gasteiger partial charge on any atom is 0.223 e. The molecule has 4 nitrogen and oxygen atoms in total. The third-order valence-electron chi connectivity index (χ3n) is 6.17. The summed E-state index contributed by atoms with van der Waals surface area (Å²) in [6, 6.07) is 16.7. The van der Waals surface area contributed by atoms with Crippen LogP contribution in [0.4, 0.5) is 5.69 Å². The monoisotopic (exact) mass is 411 g/mol. The zero-order valence-corrected chi connectivity index (χ0v) is 17.7. The minimum Gasteiger partial charge on any atom is -0.371 e. The van der Waals surface area contributed by atoms with E-state index >= 15 is 0 Å². The fourth-order valence-electron chi connectivity index (χ4n) is 4.47.